The molecule has 7 rings (SSSR count). The van der Waals surface area contributed by atoms with Crippen molar-refractivity contribution >= 4 is 28.0 Å². The van der Waals surface area contributed by atoms with Crippen LogP contribution in [0.15, 0.2) is 36.5 Å². The van der Waals surface area contributed by atoms with Gasteiger partial charge in [-0.1, -0.05) is 0 Å². The van der Waals surface area contributed by atoms with Crippen molar-refractivity contribution in [3.8, 4) is 17.3 Å². The summed E-state index contributed by atoms with van der Waals surface area (Å²) in [6.07, 6.45) is 5.94. The Bertz CT molecular complexity index is 1550. The van der Waals surface area contributed by atoms with E-state index in [0.717, 1.165) is 92.1 Å². The van der Waals surface area contributed by atoms with Crippen molar-refractivity contribution in [3.63, 3.8) is 0 Å². The number of aromatic nitrogens is 4. The Labute approximate surface area is 227 Å². The van der Waals surface area contributed by atoms with E-state index in [2.05, 4.69) is 33.2 Å². The predicted octanol–water partition coefficient (Wildman–Crippen LogP) is 4.07. The van der Waals surface area contributed by atoms with E-state index in [-0.39, 0.29) is 18.0 Å². The maximum Gasteiger partial charge on any atom is 0.254 e. The minimum absolute atomic E-state index is 0.0188. The highest BCUT2D eigenvalue weighted by molar-refractivity contribution is 6.00. The van der Waals surface area contributed by atoms with Crippen molar-refractivity contribution in [2.75, 3.05) is 26.9 Å². The number of nitrogens with two attached hydrogens (primary N) is 1. The van der Waals surface area contributed by atoms with Gasteiger partial charge in [-0.2, -0.15) is 0 Å². The highest BCUT2D eigenvalue weighted by Gasteiger charge is 2.47. The lowest BCUT2D eigenvalue weighted by atomic mass is 10.00. The lowest BCUT2D eigenvalue weighted by Crippen LogP contribution is -2.41. The number of methoxy groups -OCH3 is 1. The third kappa shape index (κ3) is 3.93. The van der Waals surface area contributed by atoms with Gasteiger partial charge < -0.3 is 29.2 Å². The summed E-state index contributed by atoms with van der Waals surface area (Å²) >= 11 is 0. The first-order chi connectivity index (χ1) is 19.1. The lowest BCUT2D eigenvalue weighted by molar-refractivity contribution is 0.0617. The first kappa shape index (κ1) is 24.6. The molecule has 0 radical (unpaired) electrons. The first-order valence-electron chi connectivity index (χ1n) is 14.2. The van der Waals surface area contributed by atoms with E-state index in [1.54, 1.807) is 7.11 Å². The van der Waals surface area contributed by atoms with Crippen LogP contribution < -0.4 is 10.5 Å². The van der Waals surface area contributed by atoms with E-state index >= 15 is 0 Å². The molecule has 4 aromatic rings. The molecule has 3 aromatic heterocycles. The molecule has 2 aliphatic heterocycles. The van der Waals surface area contributed by atoms with E-state index in [1.165, 1.54) is 0 Å². The predicted molar refractivity (Wildman–Crippen MR) is 150 cm³/mol. The van der Waals surface area contributed by atoms with Gasteiger partial charge in [-0.3, -0.25) is 4.79 Å². The molecule has 39 heavy (non-hydrogen) atoms. The molecule has 2 bridgehead atoms. The molecule has 0 spiro atoms. The molecule has 9 heteroatoms. The standard InChI is InChI=1S/C30H36N6O3/c1-3-34-24(14-19-5-4-10-32-28(19)34)29-33-22-13-21(30(37)35-17-20-6-7-23(35)26(20)31)15-25(38-2)27(22)36(29)16-18-8-11-39-12-9-18/h4-5,10,13-15,18,20,23,26H,3,6-9,11-12,16-17,31H2,1-2H3/t20-,23-,26-/m1/s1. The van der Waals surface area contributed by atoms with E-state index in [0.29, 0.717) is 23.1 Å². The zero-order valence-electron chi connectivity index (χ0n) is 22.7. The highest BCUT2D eigenvalue weighted by atomic mass is 16.5. The molecule has 2 saturated heterocycles. The summed E-state index contributed by atoms with van der Waals surface area (Å²) < 4.78 is 16.1. The van der Waals surface area contributed by atoms with Gasteiger partial charge in [-0.15, -0.1) is 0 Å². The van der Waals surface area contributed by atoms with Gasteiger partial charge in [-0.05, 0) is 74.8 Å². The Morgan fingerprint density at radius 2 is 2.00 bits per heavy atom. The van der Waals surface area contributed by atoms with Crippen LogP contribution in [0.3, 0.4) is 0 Å². The molecule has 0 unspecified atom stereocenters. The molecule has 204 valence electrons. The Hall–Kier alpha value is -3.43. The van der Waals surface area contributed by atoms with Gasteiger partial charge in [0.25, 0.3) is 5.91 Å². The van der Waals surface area contributed by atoms with E-state index in [9.17, 15) is 4.79 Å². The van der Waals surface area contributed by atoms with Gasteiger partial charge in [0.1, 0.15) is 16.9 Å². The average molecular weight is 529 g/mol. The highest BCUT2D eigenvalue weighted by Crippen LogP contribution is 2.40. The van der Waals surface area contributed by atoms with Gasteiger partial charge in [-0.25, -0.2) is 9.97 Å². The number of imidazole rings is 1. The second-order valence-electron chi connectivity index (χ2n) is 11.3. The monoisotopic (exact) mass is 528 g/mol. The Morgan fingerprint density at radius 3 is 2.72 bits per heavy atom. The number of carbonyl (C=O) groups is 1. The van der Waals surface area contributed by atoms with Crippen molar-refractivity contribution in [3.05, 3.63) is 42.1 Å². The smallest absolute Gasteiger partial charge is 0.254 e. The fourth-order valence-corrected chi connectivity index (χ4v) is 7.11. The summed E-state index contributed by atoms with van der Waals surface area (Å²) in [6, 6.07) is 10.3. The van der Waals surface area contributed by atoms with Crippen molar-refractivity contribution in [1.82, 2.24) is 24.0 Å². The maximum absolute atomic E-state index is 13.7. The number of likely N-dealkylation sites (tertiary alicyclic amines) is 1. The van der Waals surface area contributed by atoms with Crippen LogP contribution in [0.25, 0.3) is 33.6 Å². The summed E-state index contributed by atoms with van der Waals surface area (Å²) in [6.45, 7) is 6.01. The van der Waals surface area contributed by atoms with Crippen LogP contribution in [0.1, 0.15) is 43.0 Å². The largest absolute Gasteiger partial charge is 0.494 e. The number of hydrogen-bond donors (Lipinski definition) is 1. The van der Waals surface area contributed by atoms with Crippen molar-refractivity contribution < 1.29 is 14.3 Å². The molecule has 3 aliphatic rings. The number of carbonyl (C=O) groups excluding carboxylic acids is 1. The number of piperidine rings is 1. The summed E-state index contributed by atoms with van der Waals surface area (Å²) in [5.74, 6) is 2.44. The van der Waals surface area contributed by atoms with Crippen LogP contribution in [0.4, 0.5) is 0 Å². The fraction of sp³-hybridized carbons (Fsp3) is 0.500. The van der Waals surface area contributed by atoms with E-state index in [1.807, 2.05) is 29.3 Å². The van der Waals surface area contributed by atoms with E-state index < -0.39 is 0 Å². The molecule has 1 aromatic carbocycles. The summed E-state index contributed by atoms with van der Waals surface area (Å²) in [5.41, 5.74) is 10.7. The van der Waals surface area contributed by atoms with Gasteiger partial charge >= 0.3 is 0 Å². The van der Waals surface area contributed by atoms with Gasteiger partial charge in [0, 0.05) is 62.1 Å². The SMILES string of the molecule is CCn1c(-c2nc3cc(C(=O)N4C[C@H]5CC[C@@H]4[C@@H]5N)cc(OC)c3n2CC2CCOCC2)cc2cccnc21. The van der Waals surface area contributed by atoms with Crippen LogP contribution in [0.2, 0.25) is 0 Å². The maximum atomic E-state index is 13.7. The number of pyridine rings is 1. The molecule has 3 atom stereocenters. The zero-order valence-corrected chi connectivity index (χ0v) is 22.7. The van der Waals surface area contributed by atoms with Gasteiger partial charge in [0.05, 0.1) is 18.3 Å². The third-order valence-corrected chi connectivity index (χ3v) is 9.17. The first-order valence-corrected chi connectivity index (χ1v) is 14.2. The van der Waals surface area contributed by atoms with Crippen molar-refractivity contribution in [2.24, 2.45) is 17.6 Å². The number of aryl methyl sites for hydroxylation is 1. The second kappa shape index (κ2) is 9.64. The van der Waals surface area contributed by atoms with Crippen LogP contribution in [0, 0.1) is 11.8 Å². The van der Waals surface area contributed by atoms with Crippen LogP contribution >= 0.6 is 0 Å². The molecule has 9 nitrogen and oxygen atoms in total. The molecule has 5 heterocycles. The number of hydrogen-bond acceptors (Lipinski definition) is 6. The number of ether oxygens (including phenoxy) is 2. The molecule has 2 N–H and O–H groups in total. The Kier molecular flexibility index (Phi) is 6.08. The third-order valence-electron chi connectivity index (χ3n) is 9.17. The fourth-order valence-electron chi connectivity index (χ4n) is 7.11. The van der Waals surface area contributed by atoms with E-state index in [4.69, 9.17) is 20.2 Å². The number of fused-ring (bicyclic) bond motifs is 4. The zero-order chi connectivity index (χ0) is 26.7. The lowest BCUT2D eigenvalue weighted by Gasteiger charge is -2.27. The van der Waals surface area contributed by atoms with Crippen molar-refractivity contribution in [1.29, 1.82) is 0 Å². The molecular weight excluding hydrogens is 492 g/mol. The van der Waals surface area contributed by atoms with Gasteiger partial charge in [0.15, 0.2) is 5.82 Å². The summed E-state index contributed by atoms with van der Waals surface area (Å²) in [4.78, 5) is 25.6. The topological polar surface area (TPSA) is 100 Å². The normalized spacial score (nSPS) is 23.4. The Morgan fingerprint density at radius 1 is 1.15 bits per heavy atom. The average Bonchev–Trinajstić information content (AvgIpc) is 3.72. The van der Waals surface area contributed by atoms with Crippen LogP contribution in [-0.2, 0) is 17.8 Å². The quantitative estimate of drug-likeness (QED) is 0.405. The second-order valence-corrected chi connectivity index (χ2v) is 11.3. The minimum Gasteiger partial charge on any atom is -0.494 e. The summed E-state index contributed by atoms with van der Waals surface area (Å²) in [7, 11) is 1.68. The molecule has 1 saturated carbocycles. The molecular formula is C30H36N6O3. The Balaban J connectivity index is 1.38. The molecule has 3 fully saturated rings. The number of benzene rings is 1. The van der Waals surface area contributed by atoms with Crippen LogP contribution in [-0.4, -0.2) is 68.9 Å². The molecule has 1 amide bonds. The van der Waals surface area contributed by atoms with Crippen LogP contribution in [0.5, 0.6) is 5.75 Å². The van der Waals surface area contributed by atoms with Crippen molar-refractivity contribution in [2.45, 2.75) is 57.8 Å². The summed E-state index contributed by atoms with van der Waals surface area (Å²) in [5, 5.41) is 1.09. The minimum atomic E-state index is 0.0188. The van der Waals surface area contributed by atoms with Gasteiger partial charge in [0.2, 0.25) is 0 Å². The number of nitrogens with zero attached hydrogens (tertiary/aromatic N) is 5. The number of amides is 1. The molecule has 1 aliphatic carbocycles. The number of rotatable bonds is 6.